The molecule has 4 aromatic rings. The van der Waals surface area contributed by atoms with E-state index in [0.29, 0.717) is 22.4 Å². The molecule has 2 atom stereocenters. The summed E-state index contributed by atoms with van der Waals surface area (Å²) in [6, 6.07) is 29.1. The van der Waals surface area contributed by atoms with Crippen LogP contribution >= 0.6 is 0 Å². The van der Waals surface area contributed by atoms with Gasteiger partial charge in [0, 0.05) is 16.7 Å². The molecule has 0 spiro atoms. The highest BCUT2D eigenvalue weighted by atomic mass is 19.1. The van der Waals surface area contributed by atoms with Gasteiger partial charge < -0.3 is 4.74 Å². The lowest BCUT2D eigenvalue weighted by Crippen LogP contribution is -2.51. The van der Waals surface area contributed by atoms with E-state index in [9.17, 15) is 13.6 Å². The fourth-order valence-electron chi connectivity index (χ4n) is 5.42. The number of ketones is 1. The molecule has 2 nitrogen and oxygen atoms in total. The van der Waals surface area contributed by atoms with Crippen molar-refractivity contribution < 1.29 is 18.3 Å². The Morgan fingerprint density at radius 1 is 0.636 bits per heavy atom. The molecule has 0 amide bonds. The summed E-state index contributed by atoms with van der Waals surface area (Å²) in [7, 11) is 0. The van der Waals surface area contributed by atoms with Gasteiger partial charge >= 0.3 is 0 Å². The first-order valence-corrected chi connectivity index (χ1v) is 10.7. The SMILES string of the molecule is O=C1C=C(c2ccc(F)cc2)[C@@]2(c3ccc(F)cc3)Oc3ccccc3[C@@]12c1ccccc1. The van der Waals surface area contributed by atoms with Gasteiger partial charge in [0.25, 0.3) is 0 Å². The summed E-state index contributed by atoms with van der Waals surface area (Å²) in [6.45, 7) is 0. The van der Waals surface area contributed by atoms with Gasteiger partial charge in [-0.05, 0) is 47.5 Å². The van der Waals surface area contributed by atoms with Gasteiger partial charge in [0.1, 0.15) is 22.8 Å². The van der Waals surface area contributed by atoms with E-state index in [0.717, 1.165) is 11.1 Å². The van der Waals surface area contributed by atoms with Crippen LogP contribution in [-0.2, 0) is 15.8 Å². The number of hydrogen-bond donors (Lipinski definition) is 0. The fourth-order valence-corrected chi connectivity index (χ4v) is 5.42. The van der Waals surface area contributed by atoms with E-state index in [4.69, 9.17) is 4.74 Å². The van der Waals surface area contributed by atoms with E-state index in [1.807, 2.05) is 54.6 Å². The van der Waals surface area contributed by atoms with E-state index in [1.54, 1.807) is 30.3 Å². The van der Waals surface area contributed by atoms with Crippen LogP contribution in [0.15, 0.2) is 109 Å². The molecule has 0 N–H and O–H groups in total. The third kappa shape index (κ3) is 2.49. The van der Waals surface area contributed by atoms with Gasteiger partial charge in [-0.2, -0.15) is 0 Å². The minimum Gasteiger partial charge on any atom is -0.476 e. The Morgan fingerprint density at radius 2 is 1.24 bits per heavy atom. The average molecular weight is 436 g/mol. The first-order valence-electron chi connectivity index (χ1n) is 10.7. The number of allylic oxidation sites excluding steroid dienone is 1. The van der Waals surface area contributed by atoms with Crippen LogP contribution in [0.2, 0.25) is 0 Å². The van der Waals surface area contributed by atoms with Gasteiger partial charge in [0.15, 0.2) is 11.4 Å². The lowest BCUT2D eigenvalue weighted by atomic mass is 9.61. The van der Waals surface area contributed by atoms with E-state index in [-0.39, 0.29) is 17.4 Å². The molecule has 1 heterocycles. The second kappa shape index (κ2) is 6.97. The van der Waals surface area contributed by atoms with Crippen LogP contribution in [0.3, 0.4) is 0 Å². The number of carbonyl (C=O) groups excluding carboxylic acids is 1. The van der Waals surface area contributed by atoms with Crippen LogP contribution in [0.4, 0.5) is 8.78 Å². The summed E-state index contributed by atoms with van der Waals surface area (Å²) in [6.07, 6.45) is 1.60. The van der Waals surface area contributed by atoms with Crippen molar-refractivity contribution in [3.63, 3.8) is 0 Å². The third-order valence-electron chi connectivity index (χ3n) is 6.72. The first kappa shape index (κ1) is 19.6. The highest BCUT2D eigenvalue weighted by Gasteiger charge is 2.70. The van der Waals surface area contributed by atoms with Crippen molar-refractivity contribution in [1.82, 2.24) is 0 Å². The van der Waals surface area contributed by atoms with Gasteiger partial charge in [-0.3, -0.25) is 4.79 Å². The van der Waals surface area contributed by atoms with Crippen LogP contribution in [0.5, 0.6) is 5.75 Å². The summed E-state index contributed by atoms with van der Waals surface area (Å²) < 4.78 is 34.5. The number of fused-ring (bicyclic) bond motifs is 3. The molecule has 1 aliphatic heterocycles. The molecular weight excluding hydrogens is 418 g/mol. The minimum absolute atomic E-state index is 0.137. The Morgan fingerprint density at radius 3 is 1.94 bits per heavy atom. The van der Waals surface area contributed by atoms with Crippen LogP contribution in [0.25, 0.3) is 5.57 Å². The molecule has 160 valence electrons. The number of carbonyl (C=O) groups is 1. The average Bonchev–Trinajstić information content (AvgIpc) is 3.29. The maximum atomic E-state index is 14.1. The first-order chi connectivity index (χ1) is 16.1. The topological polar surface area (TPSA) is 26.3 Å². The summed E-state index contributed by atoms with van der Waals surface area (Å²) in [5, 5.41) is 0. The van der Waals surface area contributed by atoms with Gasteiger partial charge in [0.05, 0.1) is 0 Å². The van der Waals surface area contributed by atoms with Crippen molar-refractivity contribution in [3.8, 4) is 5.75 Å². The quantitative estimate of drug-likeness (QED) is 0.382. The Hall–Kier alpha value is -4.05. The van der Waals surface area contributed by atoms with Crippen LogP contribution in [0.1, 0.15) is 22.3 Å². The Kier molecular flexibility index (Phi) is 4.15. The summed E-state index contributed by atoms with van der Waals surface area (Å²) in [5.41, 5.74) is 0.938. The van der Waals surface area contributed by atoms with Crippen molar-refractivity contribution in [2.75, 3.05) is 0 Å². The van der Waals surface area contributed by atoms with Gasteiger partial charge in [0.2, 0.25) is 0 Å². The van der Waals surface area contributed by atoms with Crippen molar-refractivity contribution in [1.29, 1.82) is 0 Å². The molecule has 0 saturated carbocycles. The molecule has 0 saturated heterocycles. The molecule has 4 aromatic carbocycles. The number of para-hydroxylation sites is 1. The van der Waals surface area contributed by atoms with Gasteiger partial charge in [-0.25, -0.2) is 8.78 Å². The predicted molar refractivity (Wildman–Crippen MR) is 122 cm³/mol. The smallest absolute Gasteiger partial charge is 0.181 e. The largest absolute Gasteiger partial charge is 0.476 e. The van der Waals surface area contributed by atoms with Crippen LogP contribution < -0.4 is 4.74 Å². The fraction of sp³-hybridized carbons (Fsp3) is 0.0690. The number of benzene rings is 4. The number of ether oxygens (including phenoxy) is 1. The van der Waals surface area contributed by atoms with Crippen molar-refractivity contribution in [3.05, 3.63) is 143 Å². The minimum atomic E-state index is -1.29. The van der Waals surface area contributed by atoms with Crippen molar-refractivity contribution in [2.45, 2.75) is 11.0 Å². The standard InChI is InChI=1S/C29H18F2O2/c30-22-14-10-19(11-15-22)25-18-27(32)28(20-6-2-1-3-7-20)24-8-4-5-9-26(24)33-29(25,28)21-12-16-23(31)17-13-21/h1-18H/t28-,29+/m0/s1. The third-order valence-corrected chi connectivity index (χ3v) is 6.72. The van der Waals surface area contributed by atoms with E-state index >= 15 is 0 Å². The Bertz CT molecular complexity index is 1410. The van der Waals surface area contributed by atoms with Gasteiger partial charge in [-0.15, -0.1) is 0 Å². The molecule has 0 radical (unpaired) electrons. The molecule has 6 rings (SSSR count). The number of rotatable bonds is 3. The molecular formula is C29H18F2O2. The van der Waals surface area contributed by atoms with Crippen molar-refractivity contribution in [2.24, 2.45) is 0 Å². The molecule has 0 bridgehead atoms. The zero-order chi connectivity index (χ0) is 22.6. The maximum Gasteiger partial charge on any atom is 0.181 e. The van der Waals surface area contributed by atoms with Crippen molar-refractivity contribution >= 4 is 11.4 Å². The van der Waals surface area contributed by atoms with E-state index in [2.05, 4.69) is 0 Å². The van der Waals surface area contributed by atoms with Crippen LogP contribution in [0, 0.1) is 11.6 Å². The normalized spacial score (nSPS) is 23.0. The summed E-state index contributed by atoms with van der Waals surface area (Å²) in [5.74, 6) is -0.300. The van der Waals surface area contributed by atoms with Crippen LogP contribution in [-0.4, -0.2) is 5.78 Å². The highest BCUT2D eigenvalue weighted by molar-refractivity contribution is 6.16. The summed E-state index contributed by atoms with van der Waals surface area (Å²) in [4.78, 5) is 14.1. The number of hydrogen-bond acceptors (Lipinski definition) is 2. The van der Waals surface area contributed by atoms with E-state index in [1.165, 1.54) is 24.3 Å². The predicted octanol–water partition coefficient (Wildman–Crippen LogP) is 6.21. The molecule has 0 aromatic heterocycles. The lowest BCUT2D eigenvalue weighted by Gasteiger charge is -2.41. The van der Waals surface area contributed by atoms with Gasteiger partial charge in [-0.1, -0.05) is 72.8 Å². The zero-order valence-corrected chi connectivity index (χ0v) is 17.5. The number of halogens is 2. The maximum absolute atomic E-state index is 14.1. The highest BCUT2D eigenvalue weighted by Crippen LogP contribution is 2.66. The molecule has 4 heteroatoms. The molecule has 0 fully saturated rings. The second-order valence-electron chi connectivity index (χ2n) is 8.33. The zero-order valence-electron chi connectivity index (χ0n) is 17.5. The lowest BCUT2D eigenvalue weighted by molar-refractivity contribution is -0.120. The second-order valence-corrected chi connectivity index (χ2v) is 8.33. The summed E-state index contributed by atoms with van der Waals surface area (Å²) >= 11 is 0. The van der Waals surface area contributed by atoms with E-state index < -0.39 is 11.0 Å². The Labute approximate surface area is 189 Å². The molecule has 1 aliphatic carbocycles. The Balaban J connectivity index is 1.75. The molecule has 2 aliphatic rings. The monoisotopic (exact) mass is 436 g/mol. The molecule has 33 heavy (non-hydrogen) atoms. The molecule has 0 unspecified atom stereocenters.